The first kappa shape index (κ1) is 25.4. The number of hydrogen-bond donors (Lipinski definition) is 1. The molecule has 0 atom stereocenters. The molecule has 1 aliphatic rings. The maximum absolute atomic E-state index is 13.1. The highest BCUT2D eigenvalue weighted by atomic mass is 32.2. The molecule has 0 saturated carbocycles. The number of nitrogens with zero attached hydrogens (tertiary/aromatic N) is 2. The summed E-state index contributed by atoms with van der Waals surface area (Å²) in [5.41, 5.74) is 1.24. The molecule has 3 rings (SSSR count). The van der Waals surface area contributed by atoms with Gasteiger partial charge < -0.3 is 14.8 Å². The molecule has 0 unspecified atom stereocenters. The van der Waals surface area contributed by atoms with E-state index < -0.39 is 20.0 Å². The van der Waals surface area contributed by atoms with Crippen molar-refractivity contribution in [1.29, 1.82) is 0 Å². The van der Waals surface area contributed by atoms with Crippen molar-refractivity contribution in [2.75, 3.05) is 45.7 Å². The van der Waals surface area contributed by atoms with Crippen LogP contribution in [0.2, 0.25) is 0 Å². The Bertz CT molecular complexity index is 1170. The van der Waals surface area contributed by atoms with Crippen LogP contribution in [0.3, 0.4) is 0 Å². The first-order chi connectivity index (χ1) is 15.5. The third-order valence-electron chi connectivity index (χ3n) is 5.08. The number of anilines is 1. The molecule has 1 fully saturated rings. The zero-order valence-electron chi connectivity index (χ0n) is 19.3. The van der Waals surface area contributed by atoms with Gasteiger partial charge in [0.05, 0.1) is 34.8 Å². The van der Waals surface area contributed by atoms with Crippen LogP contribution in [-0.4, -0.2) is 71.9 Å². The number of rotatable bonds is 9. The summed E-state index contributed by atoms with van der Waals surface area (Å²) in [7, 11) is -4.27. The fourth-order valence-corrected chi connectivity index (χ4v) is 5.73. The van der Waals surface area contributed by atoms with Gasteiger partial charge in [-0.25, -0.2) is 21.1 Å². The number of ether oxygens (including phenoxy) is 2. The maximum atomic E-state index is 13.1. The molecule has 0 amide bonds. The molecule has 1 heterocycles. The molecule has 0 spiro atoms. The molecule has 0 aliphatic carbocycles. The molecule has 0 bridgehead atoms. The van der Waals surface area contributed by atoms with Crippen LogP contribution in [0.25, 0.3) is 0 Å². The summed E-state index contributed by atoms with van der Waals surface area (Å²) in [5, 5.41) is 3.22. The van der Waals surface area contributed by atoms with E-state index in [1.807, 2.05) is 13.8 Å². The minimum atomic E-state index is -3.68. The van der Waals surface area contributed by atoms with E-state index in [0.717, 1.165) is 9.87 Å². The standard InChI is InChI=1S/C22H31N3O6S2/c1-17(2)31-22-9-8-20(33(28,29)25-10-12-30-13-11-25)15-21(22)23-16-18-6-5-7-19(14-18)32(26,27)24(3)4/h5-9,14-15,17,23H,10-13,16H2,1-4H3. The van der Waals surface area contributed by atoms with Gasteiger partial charge >= 0.3 is 0 Å². The second kappa shape index (κ2) is 10.4. The Hall–Kier alpha value is -2.18. The molecule has 2 aromatic rings. The second-order valence-electron chi connectivity index (χ2n) is 8.13. The van der Waals surface area contributed by atoms with Crippen LogP contribution in [0.5, 0.6) is 5.75 Å². The van der Waals surface area contributed by atoms with Gasteiger partial charge in [0.25, 0.3) is 0 Å². The monoisotopic (exact) mass is 497 g/mol. The van der Waals surface area contributed by atoms with E-state index in [1.54, 1.807) is 36.4 Å². The highest BCUT2D eigenvalue weighted by Gasteiger charge is 2.27. The normalized spacial score (nSPS) is 15.7. The average molecular weight is 498 g/mol. The Morgan fingerprint density at radius 3 is 2.36 bits per heavy atom. The Balaban J connectivity index is 1.89. The van der Waals surface area contributed by atoms with Gasteiger partial charge in [0, 0.05) is 33.7 Å². The number of hydrogen-bond acceptors (Lipinski definition) is 7. The fourth-order valence-electron chi connectivity index (χ4n) is 3.32. The van der Waals surface area contributed by atoms with Crippen molar-refractivity contribution in [3.8, 4) is 5.75 Å². The van der Waals surface area contributed by atoms with Crippen LogP contribution in [0.4, 0.5) is 5.69 Å². The van der Waals surface area contributed by atoms with Crippen molar-refractivity contribution in [2.45, 2.75) is 36.3 Å². The molecule has 0 radical (unpaired) electrons. The largest absolute Gasteiger partial charge is 0.489 e. The molecular formula is C22H31N3O6S2. The van der Waals surface area contributed by atoms with E-state index in [4.69, 9.17) is 9.47 Å². The third-order valence-corrected chi connectivity index (χ3v) is 8.79. The van der Waals surface area contributed by atoms with E-state index >= 15 is 0 Å². The van der Waals surface area contributed by atoms with E-state index in [2.05, 4.69) is 5.32 Å². The second-order valence-corrected chi connectivity index (χ2v) is 12.2. The lowest BCUT2D eigenvalue weighted by Gasteiger charge is -2.26. The van der Waals surface area contributed by atoms with Crippen LogP contribution in [0.1, 0.15) is 19.4 Å². The lowest BCUT2D eigenvalue weighted by molar-refractivity contribution is 0.0730. The number of nitrogens with one attached hydrogen (secondary N) is 1. The van der Waals surface area contributed by atoms with Gasteiger partial charge in [-0.15, -0.1) is 0 Å². The highest BCUT2D eigenvalue weighted by molar-refractivity contribution is 7.89. The van der Waals surface area contributed by atoms with Crippen molar-refractivity contribution in [2.24, 2.45) is 0 Å². The number of morpholine rings is 1. The molecule has 1 saturated heterocycles. The average Bonchev–Trinajstić information content (AvgIpc) is 2.78. The van der Waals surface area contributed by atoms with Crippen LogP contribution >= 0.6 is 0 Å². The van der Waals surface area contributed by atoms with Crippen LogP contribution < -0.4 is 10.1 Å². The summed E-state index contributed by atoms with van der Waals surface area (Å²) in [6.45, 7) is 5.41. The minimum Gasteiger partial charge on any atom is -0.489 e. The Kier molecular flexibility index (Phi) is 8.01. The summed E-state index contributed by atoms with van der Waals surface area (Å²) < 4.78 is 64.8. The van der Waals surface area contributed by atoms with Crippen LogP contribution in [0.15, 0.2) is 52.3 Å². The molecular weight excluding hydrogens is 466 g/mol. The zero-order valence-corrected chi connectivity index (χ0v) is 20.9. The van der Waals surface area contributed by atoms with Gasteiger partial charge in [0.1, 0.15) is 5.75 Å². The fraction of sp³-hybridized carbons (Fsp3) is 0.455. The highest BCUT2D eigenvalue weighted by Crippen LogP contribution is 2.31. The van der Waals surface area contributed by atoms with Gasteiger partial charge in [0.15, 0.2) is 0 Å². The first-order valence-electron chi connectivity index (χ1n) is 10.7. The van der Waals surface area contributed by atoms with Crippen molar-refractivity contribution in [3.63, 3.8) is 0 Å². The Morgan fingerprint density at radius 2 is 1.73 bits per heavy atom. The summed E-state index contributed by atoms with van der Waals surface area (Å²) in [6, 6.07) is 11.4. The van der Waals surface area contributed by atoms with Crippen LogP contribution in [0, 0.1) is 0 Å². The smallest absolute Gasteiger partial charge is 0.243 e. The molecule has 33 heavy (non-hydrogen) atoms. The predicted molar refractivity (Wildman–Crippen MR) is 126 cm³/mol. The summed E-state index contributed by atoms with van der Waals surface area (Å²) in [5.74, 6) is 0.517. The number of benzene rings is 2. The molecule has 11 heteroatoms. The third kappa shape index (κ3) is 6.04. The topological polar surface area (TPSA) is 105 Å². The van der Waals surface area contributed by atoms with Crippen molar-refractivity contribution in [1.82, 2.24) is 8.61 Å². The SMILES string of the molecule is CC(C)Oc1ccc(S(=O)(=O)N2CCOCC2)cc1NCc1cccc(S(=O)(=O)N(C)C)c1. The summed E-state index contributed by atoms with van der Waals surface area (Å²) in [6.07, 6.45) is -0.110. The number of sulfonamides is 2. The van der Waals surface area contributed by atoms with Crippen molar-refractivity contribution < 1.29 is 26.3 Å². The molecule has 0 aromatic heterocycles. The zero-order chi connectivity index (χ0) is 24.2. The van der Waals surface area contributed by atoms with Gasteiger partial charge in [-0.3, -0.25) is 0 Å². The van der Waals surface area contributed by atoms with E-state index in [9.17, 15) is 16.8 Å². The summed E-state index contributed by atoms with van der Waals surface area (Å²) in [4.78, 5) is 0.348. The lowest BCUT2D eigenvalue weighted by atomic mass is 10.2. The van der Waals surface area contributed by atoms with E-state index in [1.165, 1.54) is 24.5 Å². The molecule has 182 valence electrons. The van der Waals surface area contributed by atoms with Crippen LogP contribution in [-0.2, 0) is 31.3 Å². The van der Waals surface area contributed by atoms with Gasteiger partial charge in [-0.05, 0) is 49.7 Å². The first-order valence-corrected chi connectivity index (χ1v) is 13.5. The van der Waals surface area contributed by atoms with E-state index in [0.29, 0.717) is 37.7 Å². The molecule has 1 N–H and O–H groups in total. The Labute approximate surface area is 196 Å². The van der Waals surface area contributed by atoms with Crippen molar-refractivity contribution in [3.05, 3.63) is 48.0 Å². The van der Waals surface area contributed by atoms with E-state index in [-0.39, 0.29) is 22.4 Å². The Morgan fingerprint density at radius 1 is 1.03 bits per heavy atom. The van der Waals surface area contributed by atoms with Gasteiger partial charge in [-0.2, -0.15) is 4.31 Å². The predicted octanol–water partition coefficient (Wildman–Crippen LogP) is 2.36. The summed E-state index contributed by atoms with van der Waals surface area (Å²) >= 11 is 0. The van der Waals surface area contributed by atoms with Crippen molar-refractivity contribution >= 4 is 25.7 Å². The molecule has 2 aromatic carbocycles. The minimum absolute atomic E-state index is 0.110. The quantitative estimate of drug-likeness (QED) is 0.567. The molecule has 1 aliphatic heterocycles. The maximum Gasteiger partial charge on any atom is 0.243 e. The lowest BCUT2D eigenvalue weighted by Crippen LogP contribution is -2.40. The molecule has 9 nitrogen and oxygen atoms in total. The van der Waals surface area contributed by atoms with Gasteiger partial charge in [0.2, 0.25) is 20.0 Å². The van der Waals surface area contributed by atoms with Gasteiger partial charge in [-0.1, -0.05) is 12.1 Å².